The molecule has 15 heavy (non-hydrogen) atoms. The Kier molecular flexibility index (Phi) is 3.43. The largest absolute Gasteiger partial charge is 0.416 e. The maximum absolute atomic E-state index is 6.29. The van der Waals surface area contributed by atoms with Crippen LogP contribution in [0.3, 0.4) is 0 Å². The molecule has 1 nitrogen and oxygen atoms in total. The van der Waals surface area contributed by atoms with E-state index in [4.69, 9.17) is 4.43 Å². The van der Waals surface area contributed by atoms with Crippen LogP contribution in [0.2, 0.25) is 18.1 Å². The zero-order chi connectivity index (χ0) is 11.9. The van der Waals surface area contributed by atoms with Crippen LogP contribution in [-0.2, 0) is 4.43 Å². The average Bonchev–Trinajstić information content (AvgIpc) is 1.96. The molecule has 1 rings (SSSR count). The standard InChI is InChI=1S/C13H28OSi/c1-11-8-13(5,9-11)10-14-15(6,7)12(2,3)4/h11H,8-10H2,1-7H3/t11-,13-. The molecule has 0 aromatic carbocycles. The molecule has 0 radical (unpaired) electrons. The maximum atomic E-state index is 6.29. The van der Waals surface area contributed by atoms with Gasteiger partial charge in [-0.05, 0) is 42.3 Å². The smallest absolute Gasteiger partial charge is 0.192 e. The molecule has 2 heteroatoms. The molecule has 1 saturated carbocycles. The highest BCUT2D eigenvalue weighted by Crippen LogP contribution is 2.46. The fourth-order valence-electron chi connectivity index (χ4n) is 2.31. The minimum absolute atomic E-state index is 0.346. The molecule has 0 bridgehead atoms. The third-order valence-corrected chi connectivity index (χ3v) is 8.75. The Morgan fingerprint density at radius 2 is 1.73 bits per heavy atom. The van der Waals surface area contributed by atoms with Crippen LogP contribution in [-0.4, -0.2) is 14.9 Å². The lowest BCUT2D eigenvalue weighted by Gasteiger charge is -2.47. The molecule has 0 N–H and O–H groups in total. The topological polar surface area (TPSA) is 9.23 Å². The van der Waals surface area contributed by atoms with Crippen LogP contribution < -0.4 is 0 Å². The first kappa shape index (κ1) is 13.2. The fraction of sp³-hybridized carbons (Fsp3) is 1.00. The fourth-order valence-corrected chi connectivity index (χ4v) is 3.45. The Bertz CT molecular complexity index is 221. The SMILES string of the molecule is CC(C)(C)[Si](C)(C)OC[C@]1(C)C[C@@H](C)C1. The molecule has 1 aliphatic rings. The Balaban J connectivity index is 2.43. The molecule has 0 aliphatic heterocycles. The molecular weight excluding hydrogens is 200 g/mol. The summed E-state index contributed by atoms with van der Waals surface area (Å²) >= 11 is 0. The number of rotatable bonds is 3. The monoisotopic (exact) mass is 228 g/mol. The Morgan fingerprint density at radius 1 is 1.27 bits per heavy atom. The van der Waals surface area contributed by atoms with Crippen molar-refractivity contribution in [3.8, 4) is 0 Å². The highest BCUT2D eigenvalue weighted by molar-refractivity contribution is 6.74. The van der Waals surface area contributed by atoms with Gasteiger partial charge >= 0.3 is 0 Å². The molecule has 90 valence electrons. The minimum Gasteiger partial charge on any atom is -0.416 e. The predicted octanol–water partition coefficient (Wildman–Crippen LogP) is 4.44. The van der Waals surface area contributed by atoms with Crippen LogP contribution in [0.25, 0.3) is 0 Å². The normalized spacial score (nSPS) is 32.6. The zero-order valence-electron chi connectivity index (χ0n) is 11.6. The van der Waals surface area contributed by atoms with Gasteiger partial charge in [-0.1, -0.05) is 34.6 Å². The number of hydrogen-bond acceptors (Lipinski definition) is 1. The summed E-state index contributed by atoms with van der Waals surface area (Å²) < 4.78 is 6.29. The molecule has 1 fully saturated rings. The van der Waals surface area contributed by atoms with Gasteiger partial charge in [-0.2, -0.15) is 0 Å². The number of hydrogen-bond donors (Lipinski definition) is 0. The van der Waals surface area contributed by atoms with Crippen LogP contribution in [0.4, 0.5) is 0 Å². The van der Waals surface area contributed by atoms with E-state index >= 15 is 0 Å². The lowest BCUT2D eigenvalue weighted by atomic mass is 9.64. The van der Waals surface area contributed by atoms with Crippen molar-refractivity contribution in [3.63, 3.8) is 0 Å². The van der Waals surface area contributed by atoms with Crippen molar-refractivity contribution in [1.29, 1.82) is 0 Å². The van der Waals surface area contributed by atoms with Crippen molar-refractivity contribution < 1.29 is 4.43 Å². The van der Waals surface area contributed by atoms with E-state index in [9.17, 15) is 0 Å². The van der Waals surface area contributed by atoms with Crippen molar-refractivity contribution >= 4 is 8.32 Å². The van der Waals surface area contributed by atoms with E-state index in [1.807, 2.05) is 0 Å². The molecule has 0 amide bonds. The molecule has 0 saturated heterocycles. The van der Waals surface area contributed by atoms with Gasteiger partial charge in [0.1, 0.15) is 0 Å². The van der Waals surface area contributed by atoms with Gasteiger partial charge in [0.2, 0.25) is 0 Å². The van der Waals surface area contributed by atoms with Crippen LogP contribution in [0, 0.1) is 11.3 Å². The van der Waals surface area contributed by atoms with E-state index in [2.05, 4.69) is 47.7 Å². The molecule has 0 aromatic heterocycles. The molecule has 0 heterocycles. The summed E-state index contributed by atoms with van der Waals surface area (Å²) in [6.45, 7) is 17.3. The second-order valence-electron chi connectivity index (χ2n) is 7.37. The lowest BCUT2D eigenvalue weighted by molar-refractivity contribution is 0.0249. The van der Waals surface area contributed by atoms with Crippen molar-refractivity contribution in [3.05, 3.63) is 0 Å². The maximum Gasteiger partial charge on any atom is 0.192 e. The first-order valence-electron chi connectivity index (χ1n) is 6.20. The van der Waals surface area contributed by atoms with Gasteiger partial charge in [0, 0.05) is 6.61 Å². The third kappa shape index (κ3) is 3.07. The van der Waals surface area contributed by atoms with Crippen LogP contribution in [0.1, 0.15) is 47.5 Å². The summed E-state index contributed by atoms with van der Waals surface area (Å²) in [5, 5.41) is 0.346. The van der Waals surface area contributed by atoms with E-state index in [0.717, 1.165) is 12.5 Å². The molecule has 0 atom stereocenters. The zero-order valence-corrected chi connectivity index (χ0v) is 12.6. The molecule has 0 spiro atoms. The third-order valence-electron chi connectivity index (χ3n) is 4.27. The minimum atomic E-state index is -1.52. The van der Waals surface area contributed by atoms with E-state index in [0.29, 0.717) is 10.5 Å². The van der Waals surface area contributed by atoms with Gasteiger partial charge in [0.15, 0.2) is 8.32 Å². The quantitative estimate of drug-likeness (QED) is 0.649. The summed E-state index contributed by atoms with van der Waals surface area (Å²) in [7, 11) is -1.52. The van der Waals surface area contributed by atoms with Crippen LogP contribution in [0.5, 0.6) is 0 Å². The van der Waals surface area contributed by atoms with Crippen molar-refractivity contribution in [2.45, 2.75) is 65.6 Å². The highest BCUT2D eigenvalue weighted by Gasteiger charge is 2.42. The average molecular weight is 228 g/mol. The van der Waals surface area contributed by atoms with E-state index < -0.39 is 8.32 Å². The molecule has 0 unspecified atom stereocenters. The summed E-state index contributed by atoms with van der Waals surface area (Å²) in [6, 6.07) is 0. The van der Waals surface area contributed by atoms with E-state index in [1.165, 1.54) is 12.8 Å². The Hall–Kier alpha value is 0.177. The van der Waals surface area contributed by atoms with Gasteiger partial charge in [0.25, 0.3) is 0 Å². The second kappa shape index (κ2) is 3.88. The van der Waals surface area contributed by atoms with Gasteiger partial charge in [-0.3, -0.25) is 0 Å². The molecule has 1 aliphatic carbocycles. The van der Waals surface area contributed by atoms with Crippen molar-refractivity contribution in [2.24, 2.45) is 11.3 Å². The summed E-state index contributed by atoms with van der Waals surface area (Å²) in [5.74, 6) is 0.915. The Morgan fingerprint density at radius 3 is 2.07 bits per heavy atom. The van der Waals surface area contributed by atoms with Gasteiger partial charge < -0.3 is 4.43 Å². The van der Waals surface area contributed by atoms with Gasteiger partial charge in [0.05, 0.1) is 0 Å². The summed E-state index contributed by atoms with van der Waals surface area (Å²) in [6.07, 6.45) is 2.70. The summed E-state index contributed by atoms with van der Waals surface area (Å²) in [5.41, 5.74) is 0.481. The highest BCUT2D eigenvalue weighted by atomic mass is 28.4. The van der Waals surface area contributed by atoms with E-state index in [-0.39, 0.29) is 0 Å². The van der Waals surface area contributed by atoms with E-state index in [1.54, 1.807) is 0 Å². The molecule has 0 aromatic rings. The van der Waals surface area contributed by atoms with Crippen molar-refractivity contribution in [2.75, 3.05) is 6.61 Å². The summed E-state index contributed by atoms with van der Waals surface area (Å²) in [4.78, 5) is 0. The van der Waals surface area contributed by atoms with Crippen molar-refractivity contribution in [1.82, 2.24) is 0 Å². The molecular formula is C13H28OSi. The first-order valence-corrected chi connectivity index (χ1v) is 9.11. The van der Waals surface area contributed by atoms with Crippen LogP contribution >= 0.6 is 0 Å². The second-order valence-corrected chi connectivity index (χ2v) is 12.2. The van der Waals surface area contributed by atoms with Crippen LogP contribution in [0.15, 0.2) is 0 Å². The first-order chi connectivity index (χ1) is 6.56. The van der Waals surface area contributed by atoms with Gasteiger partial charge in [-0.25, -0.2) is 0 Å². The van der Waals surface area contributed by atoms with Gasteiger partial charge in [-0.15, -0.1) is 0 Å². The predicted molar refractivity (Wildman–Crippen MR) is 69.7 cm³/mol. The lowest BCUT2D eigenvalue weighted by Crippen LogP contribution is -2.46. The Labute approximate surface area is 96.7 Å².